The van der Waals surface area contributed by atoms with E-state index in [1.807, 2.05) is 44.2 Å². The van der Waals surface area contributed by atoms with E-state index in [1.165, 1.54) is 44.5 Å². The maximum atomic E-state index is 12.1. The second kappa shape index (κ2) is 22.1. The first-order valence-electron chi connectivity index (χ1n) is 21.3. The van der Waals surface area contributed by atoms with Gasteiger partial charge in [0.15, 0.2) is 0 Å². The van der Waals surface area contributed by atoms with Gasteiger partial charge in [-0.25, -0.2) is 0 Å². The van der Waals surface area contributed by atoms with Crippen molar-refractivity contribution >= 4 is 33.3 Å². The van der Waals surface area contributed by atoms with Crippen LogP contribution in [0.15, 0.2) is 76.3 Å². The Balaban J connectivity index is 0.000000343. The van der Waals surface area contributed by atoms with Gasteiger partial charge in [-0.3, -0.25) is 0 Å². The van der Waals surface area contributed by atoms with E-state index in [0.717, 1.165) is 28.2 Å². The first kappa shape index (κ1) is 50.3. The number of hydrogen-bond acceptors (Lipinski definition) is 2. The summed E-state index contributed by atoms with van der Waals surface area (Å²) in [6.45, 7) is 37.7. The molecule has 3 nitrogen and oxygen atoms in total. The molecular weight excluding hydrogens is 935 g/mol. The van der Waals surface area contributed by atoms with Gasteiger partial charge in [-0.1, -0.05) is 152 Å². The van der Waals surface area contributed by atoms with Crippen molar-refractivity contribution in [2.75, 3.05) is 0 Å². The van der Waals surface area contributed by atoms with Crippen LogP contribution < -0.4 is 4.98 Å². The number of hydrogen-bond donors (Lipinski definition) is 1. The predicted molar refractivity (Wildman–Crippen MR) is 257 cm³/mol. The molecule has 1 N–H and O–H groups in total. The van der Waals surface area contributed by atoms with Crippen molar-refractivity contribution in [3.63, 3.8) is 0 Å². The number of rotatable bonds is 9. The number of phenols is 1. The van der Waals surface area contributed by atoms with Gasteiger partial charge < -0.3 is 10.1 Å². The number of halogens is 2. The molecule has 0 unspecified atom stereocenters. The Labute approximate surface area is 376 Å². The molecule has 0 radical (unpaired) electrons. The summed E-state index contributed by atoms with van der Waals surface area (Å²) in [4.78, 5) is 4.11. The molecule has 0 bridgehead atoms. The zero-order valence-corrected chi connectivity index (χ0v) is 43.4. The smallest absolute Gasteiger partial charge is 0.131 e. The third-order valence-corrected chi connectivity index (χ3v) is 14.8. The molecule has 0 saturated heterocycles. The summed E-state index contributed by atoms with van der Waals surface area (Å²) in [5, 5.41) is 13.4. The molecule has 1 aromatic heterocycles. The molecule has 0 fully saturated rings. The fourth-order valence-electron chi connectivity index (χ4n) is 6.89. The van der Waals surface area contributed by atoms with E-state index < -0.39 is 17.9 Å². The minimum absolute atomic E-state index is 0.238. The molecule has 0 saturated carbocycles. The summed E-state index contributed by atoms with van der Waals surface area (Å²) >= 11 is 11.2. The maximum Gasteiger partial charge on any atom is 0.131 e. The first-order valence-corrected chi connectivity index (χ1v) is 25.1. The normalized spacial score (nSPS) is 11.6. The van der Waals surface area contributed by atoms with Crippen LogP contribution in [-0.2, 0) is 17.9 Å². The van der Waals surface area contributed by atoms with Crippen LogP contribution in [0.5, 0.6) is 5.75 Å². The van der Waals surface area contributed by atoms with Crippen molar-refractivity contribution in [3.05, 3.63) is 128 Å². The standard InChI is InChI=1S/C36H50O.C6H3Cl2N.C6H8N.C5H10.W/c1-20(2)26-16-30(22(5)6)34(31(17-26)23(7)8)28-14-13-15-29(36(28)37)35-32(24(9)10)18-27(21(3)4)19-33(35)25(11)12;7-4-2-1-3-5(8)6(4)9;1-5-3-4-6(2)7-5;1-5(2,3)4;/h13-25,37H,1-12H3;1-3H;3-4H,1-2H3;1H,2-4H3;/q;;-1;;. The van der Waals surface area contributed by atoms with Crippen LogP contribution in [0.25, 0.3) is 22.3 Å². The summed E-state index contributed by atoms with van der Waals surface area (Å²) in [6.07, 6.45) is 0. The zero-order chi connectivity index (χ0) is 44.5. The number of nitrogens with zero attached hydrogens (tertiary/aromatic N) is 2. The maximum absolute atomic E-state index is 12.1. The largest absolute Gasteiger partial charge is 0.665 e. The number of benzene rings is 4. The Morgan fingerprint density at radius 3 is 1.17 bits per heavy atom. The molecular formula is C53H71Cl2N2OW-. The average Bonchev–Trinajstić information content (AvgIpc) is 3.53. The van der Waals surface area contributed by atoms with Gasteiger partial charge in [-0.2, -0.15) is 11.4 Å². The monoisotopic (exact) mass is 1010 g/mol. The van der Waals surface area contributed by atoms with E-state index in [2.05, 4.69) is 159 Å². The SMILES string of the molecule is CC(C)(C)[CH]=[W]=[N]c1c(Cl)cccc1Cl.CC(C)c1cc(C(C)C)c(-c2cccc(-c3c(C(C)C)cc(C(C)C)cc3C(C)C)c2O)c(C(C)C)c1.Cc1ccc(C)[n-]1. The fraction of sp³-hybridized carbons (Fsp3) is 0.453. The molecule has 6 heteroatoms. The number of phenolic OH excluding ortho intramolecular Hbond substituents is 1. The third kappa shape index (κ3) is 14.0. The Morgan fingerprint density at radius 1 is 0.559 bits per heavy atom. The van der Waals surface area contributed by atoms with Gasteiger partial charge in [0, 0.05) is 11.1 Å². The Bertz CT molecular complexity index is 2040. The Morgan fingerprint density at radius 2 is 0.898 bits per heavy atom. The van der Waals surface area contributed by atoms with E-state index in [4.69, 9.17) is 23.2 Å². The van der Waals surface area contributed by atoms with E-state index in [-0.39, 0.29) is 5.41 Å². The van der Waals surface area contributed by atoms with E-state index in [0.29, 0.717) is 51.3 Å². The summed E-state index contributed by atoms with van der Waals surface area (Å²) < 4.78 is 6.84. The van der Waals surface area contributed by atoms with Crippen molar-refractivity contribution in [3.8, 4) is 28.0 Å². The van der Waals surface area contributed by atoms with Crippen LogP contribution in [0.4, 0.5) is 5.69 Å². The van der Waals surface area contributed by atoms with E-state index >= 15 is 0 Å². The molecule has 4 aromatic carbocycles. The third-order valence-electron chi connectivity index (χ3n) is 10.2. The molecule has 0 aliphatic heterocycles. The van der Waals surface area contributed by atoms with Crippen LogP contribution >= 0.6 is 23.2 Å². The minimum atomic E-state index is -0.850. The fourth-order valence-corrected chi connectivity index (χ4v) is 10.2. The average molecular weight is 1010 g/mol. The van der Waals surface area contributed by atoms with Crippen molar-refractivity contribution < 1.29 is 23.0 Å². The number of aromatic nitrogens is 1. The van der Waals surface area contributed by atoms with Gasteiger partial charge in [0.1, 0.15) is 5.75 Å². The van der Waals surface area contributed by atoms with Gasteiger partial charge in [-0.05, 0) is 80.0 Å². The molecule has 320 valence electrons. The summed E-state index contributed by atoms with van der Waals surface area (Å²) in [5.41, 5.74) is 15.6. The van der Waals surface area contributed by atoms with Gasteiger partial charge in [-0.15, -0.1) is 0 Å². The summed E-state index contributed by atoms with van der Waals surface area (Å²) in [5.74, 6) is 2.77. The zero-order valence-electron chi connectivity index (χ0n) is 39.0. The van der Waals surface area contributed by atoms with Crippen LogP contribution in [-0.4, -0.2) is 9.51 Å². The topological polar surface area (TPSA) is 46.7 Å². The second-order valence-corrected chi connectivity index (χ2v) is 21.8. The van der Waals surface area contributed by atoms with Crippen LogP contribution in [0.3, 0.4) is 0 Å². The van der Waals surface area contributed by atoms with Crippen LogP contribution in [0, 0.1) is 19.3 Å². The van der Waals surface area contributed by atoms with Gasteiger partial charge in [0.05, 0.1) is 0 Å². The molecule has 5 aromatic rings. The number of aromatic hydroxyl groups is 1. The summed E-state index contributed by atoms with van der Waals surface area (Å²) in [6, 6.07) is 25.4. The van der Waals surface area contributed by atoms with Gasteiger partial charge >= 0.3 is 109 Å². The second-order valence-electron chi connectivity index (χ2n) is 18.8. The van der Waals surface area contributed by atoms with E-state index in [9.17, 15) is 5.11 Å². The predicted octanol–water partition coefficient (Wildman–Crippen LogP) is 17.5. The molecule has 5 rings (SSSR count). The van der Waals surface area contributed by atoms with Crippen molar-refractivity contribution in [1.82, 2.24) is 4.98 Å². The van der Waals surface area contributed by atoms with Crippen LogP contribution in [0.2, 0.25) is 10.0 Å². The van der Waals surface area contributed by atoms with Gasteiger partial charge in [0.2, 0.25) is 0 Å². The molecule has 0 aliphatic carbocycles. The van der Waals surface area contributed by atoms with E-state index in [1.54, 1.807) is 0 Å². The van der Waals surface area contributed by atoms with Crippen molar-refractivity contribution in [2.45, 2.75) is 153 Å². The Kier molecular flexibility index (Phi) is 18.8. The molecule has 0 amide bonds. The first-order chi connectivity index (χ1) is 27.4. The molecule has 0 aliphatic rings. The number of para-hydroxylation sites is 1. The van der Waals surface area contributed by atoms with Crippen molar-refractivity contribution in [1.29, 1.82) is 0 Å². The van der Waals surface area contributed by atoms with Crippen LogP contribution in [0.1, 0.15) is 184 Å². The van der Waals surface area contributed by atoms with Crippen molar-refractivity contribution in [2.24, 2.45) is 8.91 Å². The molecule has 1 heterocycles. The number of aryl methyl sites for hydroxylation is 2. The Hall–Kier alpha value is -3.10. The quantitative estimate of drug-likeness (QED) is 0.160. The molecule has 0 spiro atoms. The molecule has 0 atom stereocenters. The van der Waals surface area contributed by atoms with Gasteiger partial charge in [0.25, 0.3) is 0 Å². The molecule has 59 heavy (non-hydrogen) atoms. The summed E-state index contributed by atoms with van der Waals surface area (Å²) in [7, 11) is 0. The minimum Gasteiger partial charge on any atom is -0.665 e.